The second kappa shape index (κ2) is 21.8. The molecule has 1 aromatic carbocycles. The fraction of sp³-hybridized carbons (Fsp3) is 0.692. The molecule has 37 heavy (non-hydrogen) atoms. The number of alkyl carbamates (subject to hydrolysis) is 1. The average Bonchev–Trinajstić information content (AvgIpc) is 2.86. The second-order valence-electron chi connectivity index (χ2n) is 8.69. The lowest BCUT2D eigenvalue weighted by molar-refractivity contribution is -0.160. The molecule has 11 nitrogen and oxygen atoms in total. The highest BCUT2D eigenvalue weighted by Gasteiger charge is 2.15. The number of hydrogen-bond acceptors (Lipinski definition) is 10. The number of esters is 1. The van der Waals surface area contributed by atoms with Gasteiger partial charge in [0.25, 0.3) is 0 Å². The Hall–Kier alpha value is -2.28. The minimum absolute atomic E-state index is 0.0867. The van der Waals surface area contributed by atoms with Gasteiger partial charge < -0.3 is 43.2 Å². The molecule has 1 rings (SSSR count). The number of carbonyl (C=O) groups is 2. The quantitative estimate of drug-likeness (QED) is 0.177. The molecule has 0 bridgehead atoms. The van der Waals surface area contributed by atoms with E-state index in [1.54, 1.807) is 0 Å². The van der Waals surface area contributed by atoms with Crippen LogP contribution < -0.4 is 5.32 Å². The Kier molecular flexibility index (Phi) is 19.3. The normalized spacial score (nSPS) is 11.3. The van der Waals surface area contributed by atoms with Crippen molar-refractivity contribution in [2.24, 2.45) is 0 Å². The van der Waals surface area contributed by atoms with Gasteiger partial charge in [-0.25, -0.2) is 9.59 Å². The fourth-order valence-electron chi connectivity index (χ4n) is 2.63. The lowest BCUT2D eigenvalue weighted by Gasteiger charge is -2.19. The van der Waals surface area contributed by atoms with Crippen molar-refractivity contribution in [1.29, 1.82) is 0 Å². The molecule has 0 radical (unpaired) electrons. The molecule has 11 heteroatoms. The molecule has 0 aliphatic carbocycles. The summed E-state index contributed by atoms with van der Waals surface area (Å²) in [7, 11) is 0. The van der Waals surface area contributed by atoms with E-state index < -0.39 is 17.7 Å². The number of amides is 1. The van der Waals surface area contributed by atoms with E-state index in [0.717, 1.165) is 5.56 Å². The highest BCUT2D eigenvalue weighted by atomic mass is 16.6. The van der Waals surface area contributed by atoms with Crippen LogP contribution in [0, 0.1) is 0 Å². The monoisotopic (exact) mass is 529 g/mol. The molecular weight excluding hydrogens is 486 g/mol. The summed E-state index contributed by atoms with van der Waals surface area (Å²) in [6.45, 7) is 10.6. The molecule has 1 aromatic rings. The van der Waals surface area contributed by atoms with Gasteiger partial charge in [-0.05, 0) is 26.3 Å². The van der Waals surface area contributed by atoms with Crippen molar-refractivity contribution in [1.82, 2.24) is 5.32 Å². The van der Waals surface area contributed by atoms with Crippen molar-refractivity contribution in [3.8, 4) is 0 Å². The van der Waals surface area contributed by atoms with Gasteiger partial charge in [-0.2, -0.15) is 0 Å². The fourth-order valence-corrected chi connectivity index (χ4v) is 2.63. The van der Waals surface area contributed by atoms with Gasteiger partial charge in [-0.1, -0.05) is 30.3 Å². The van der Waals surface area contributed by atoms with Crippen LogP contribution in [-0.4, -0.2) is 103 Å². The van der Waals surface area contributed by atoms with Crippen LogP contribution in [0.2, 0.25) is 0 Å². The maximum Gasteiger partial charge on any atom is 0.407 e. The summed E-state index contributed by atoms with van der Waals surface area (Å²) in [6.07, 6.45) is -0.473. The third-order valence-corrected chi connectivity index (χ3v) is 4.23. The Labute approximate surface area is 220 Å². The van der Waals surface area contributed by atoms with Gasteiger partial charge in [0.1, 0.15) is 18.8 Å². The Balaban J connectivity index is 1.72. The van der Waals surface area contributed by atoms with Crippen LogP contribution in [-0.2, 0) is 49.3 Å². The number of benzene rings is 1. The largest absolute Gasteiger partial charge is 0.458 e. The van der Waals surface area contributed by atoms with Crippen LogP contribution in [0.4, 0.5) is 4.79 Å². The first-order valence-corrected chi connectivity index (χ1v) is 12.5. The summed E-state index contributed by atoms with van der Waals surface area (Å²) in [4.78, 5) is 23.1. The van der Waals surface area contributed by atoms with Gasteiger partial charge in [0.15, 0.2) is 0 Å². The van der Waals surface area contributed by atoms with Crippen LogP contribution in [0.15, 0.2) is 30.3 Å². The molecule has 0 atom stereocenters. The van der Waals surface area contributed by atoms with Crippen molar-refractivity contribution in [3.05, 3.63) is 35.9 Å². The first-order chi connectivity index (χ1) is 17.9. The second-order valence-corrected chi connectivity index (χ2v) is 8.69. The molecule has 1 N–H and O–H groups in total. The van der Waals surface area contributed by atoms with E-state index >= 15 is 0 Å². The maximum absolute atomic E-state index is 11.6. The molecule has 0 saturated carbocycles. The summed E-state index contributed by atoms with van der Waals surface area (Å²) in [5.41, 5.74) is 0.423. The molecule has 1 amide bonds. The highest BCUT2D eigenvalue weighted by molar-refractivity contribution is 5.71. The van der Waals surface area contributed by atoms with Crippen molar-refractivity contribution in [2.75, 3.05) is 85.8 Å². The lowest BCUT2D eigenvalue weighted by atomic mass is 10.2. The van der Waals surface area contributed by atoms with Crippen LogP contribution >= 0.6 is 0 Å². The van der Waals surface area contributed by atoms with Gasteiger partial charge in [-0.15, -0.1) is 0 Å². The van der Waals surface area contributed by atoms with Crippen molar-refractivity contribution < 1.29 is 47.5 Å². The van der Waals surface area contributed by atoms with Crippen LogP contribution in [0.3, 0.4) is 0 Å². The zero-order valence-electron chi connectivity index (χ0n) is 22.4. The molecule has 212 valence electrons. The SMILES string of the molecule is CC(C)(C)OC(=O)COCCOCCOCCOCCOCCOCCNC(=O)OCc1ccccc1. The minimum atomic E-state index is -0.512. The summed E-state index contributed by atoms with van der Waals surface area (Å²) in [5, 5.41) is 2.63. The zero-order chi connectivity index (χ0) is 27.0. The van der Waals surface area contributed by atoms with E-state index in [9.17, 15) is 9.59 Å². The molecular formula is C26H43NO10. The predicted octanol–water partition coefficient (Wildman–Crippen LogP) is 2.35. The highest BCUT2D eigenvalue weighted by Crippen LogP contribution is 2.06. The topological polar surface area (TPSA) is 120 Å². The summed E-state index contributed by atoms with van der Waals surface area (Å²) >= 11 is 0. The van der Waals surface area contributed by atoms with Gasteiger partial charge in [0.2, 0.25) is 0 Å². The maximum atomic E-state index is 11.6. The van der Waals surface area contributed by atoms with Crippen LogP contribution in [0.1, 0.15) is 26.3 Å². The van der Waals surface area contributed by atoms with E-state index in [4.69, 9.17) is 37.9 Å². The number of carbonyl (C=O) groups excluding carboxylic acids is 2. The van der Waals surface area contributed by atoms with E-state index in [1.165, 1.54) is 0 Å². The standard InChI is InChI=1S/C26H43NO10/c1-26(2,3)37-24(28)22-35-20-19-34-18-17-33-16-15-32-14-13-31-12-11-30-10-9-27-25(29)36-21-23-7-5-4-6-8-23/h4-8H,9-22H2,1-3H3,(H,27,29). The van der Waals surface area contributed by atoms with Crippen molar-refractivity contribution in [3.63, 3.8) is 0 Å². The van der Waals surface area contributed by atoms with Crippen molar-refractivity contribution >= 4 is 12.1 Å². The third-order valence-electron chi connectivity index (χ3n) is 4.23. The first-order valence-electron chi connectivity index (χ1n) is 12.5. The average molecular weight is 530 g/mol. The zero-order valence-corrected chi connectivity index (χ0v) is 22.4. The van der Waals surface area contributed by atoms with E-state index in [-0.39, 0.29) is 13.2 Å². The first kappa shape index (κ1) is 32.7. The predicted molar refractivity (Wildman–Crippen MR) is 135 cm³/mol. The number of ether oxygens (including phenoxy) is 8. The summed E-state index contributed by atoms with van der Waals surface area (Å²) in [5.74, 6) is -0.391. The molecule has 0 fully saturated rings. The number of nitrogens with one attached hydrogen (secondary N) is 1. The molecule has 0 heterocycles. The Bertz CT molecular complexity index is 696. The van der Waals surface area contributed by atoms with Gasteiger partial charge in [0.05, 0.1) is 72.7 Å². The van der Waals surface area contributed by atoms with Crippen molar-refractivity contribution in [2.45, 2.75) is 33.0 Å². The number of rotatable bonds is 22. The molecule has 0 unspecified atom stereocenters. The van der Waals surface area contributed by atoms with Gasteiger partial charge in [-0.3, -0.25) is 0 Å². The molecule has 0 aliphatic rings. The molecule has 0 spiro atoms. The van der Waals surface area contributed by atoms with Crippen LogP contribution in [0.25, 0.3) is 0 Å². The van der Waals surface area contributed by atoms with E-state index in [0.29, 0.717) is 79.2 Å². The lowest BCUT2D eigenvalue weighted by Crippen LogP contribution is -2.28. The van der Waals surface area contributed by atoms with Gasteiger partial charge >= 0.3 is 12.1 Å². The van der Waals surface area contributed by atoms with E-state index in [1.807, 2.05) is 51.1 Å². The summed E-state index contributed by atoms with van der Waals surface area (Å²) < 4.78 is 42.4. The van der Waals surface area contributed by atoms with Crippen LogP contribution in [0.5, 0.6) is 0 Å². The van der Waals surface area contributed by atoms with Gasteiger partial charge in [0, 0.05) is 6.54 Å². The molecule has 0 aromatic heterocycles. The third kappa shape index (κ3) is 22.6. The molecule has 0 aliphatic heterocycles. The summed E-state index contributed by atoms with van der Waals surface area (Å²) in [6, 6.07) is 9.48. The van der Waals surface area contributed by atoms with E-state index in [2.05, 4.69) is 5.32 Å². The Morgan fingerprint density at radius 1 is 0.676 bits per heavy atom. The molecule has 0 saturated heterocycles. The number of hydrogen-bond donors (Lipinski definition) is 1. The Morgan fingerprint density at radius 3 is 1.62 bits per heavy atom. The Morgan fingerprint density at radius 2 is 1.14 bits per heavy atom. The minimum Gasteiger partial charge on any atom is -0.458 e. The smallest absolute Gasteiger partial charge is 0.407 e.